The molecule has 0 N–H and O–H groups in total. The summed E-state index contributed by atoms with van der Waals surface area (Å²) in [6, 6.07) is 18.1. The summed E-state index contributed by atoms with van der Waals surface area (Å²) in [4.78, 5) is 0. The van der Waals surface area contributed by atoms with E-state index in [2.05, 4.69) is 94.9 Å². The van der Waals surface area contributed by atoms with Crippen molar-refractivity contribution in [2.45, 2.75) is 97.3 Å². The van der Waals surface area contributed by atoms with Crippen LogP contribution in [0.2, 0.25) is 0 Å². The molecule has 2 aliphatic rings. The number of fused-ring (bicyclic) bond motifs is 4. The number of aromatic nitrogens is 1. The Kier molecular flexibility index (Phi) is 6.73. The molecule has 0 aliphatic heterocycles. The largest absolute Gasteiger partial charge is 0.454 e. The van der Waals surface area contributed by atoms with E-state index in [-0.39, 0.29) is 5.41 Å². The zero-order valence-electron chi connectivity index (χ0n) is 26.7. The summed E-state index contributed by atoms with van der Waals surface area (Å²) in [7, 11) is 2.13. The van der Waals surface area contributed by atoms with Crippen LogP contribution in [-0.4, -0.2) is 0 Å². The van der Waals surface area contributed by atoms with Crippen LogP contribution in [0.15, 0.2) is 53.1 Å². The number of hydrogen-bond donors (Lipinski definition) is 0. The van der Waals surface area contributed by atoms with E-state index in [1.54, 1.807) is 11.1 Å². The van der Waals surface area contributed by atoms with Gasteiger partial charge in [-0.1, -0.05) is 64.3 Å². The Morgan fingerprint density at radius 3 is 2.23 bits per heavy atom. The van der Waals surface area contributed by atoms with Crippen LogP contribution in [0.25, 0.3) is 44.3 Å². The highest BCUT2D eigenvalue weighted by atomic mass is 16.3. The minimum atomic E-state index is 0.0296. The number of benzene rings is 3. The monoisotopic (exact) mass is 567 g/mol. The molecule has 0 atom stereocenters. The van der Waals surface area contributed by atoms with Gasteiger partial charge in [-0.25, -0.2) is 4.57 Å². The highest BCUT2D eigenvalue weighted by Crippen LogP contribution is 2.46. The van der Waals surface area contributed by atoms with Gasteiger partial charge in [0.15, 0.2) is 6.20 Å². The van der Waals surface area contributed by atoms with Gasteiger partial charge in [-0.2, -0.15) is 5.26 Å². The molecule has 43 heavy (non-hydrogen) atoms. The van der Waals surface area contributed by atoms with Crippen LogP contribution in [0.5, 0.6) is 0 Å². The van der Waals surface area contributed by atoms with Crippen molar-refractivity contribution in [3.8, 4) is 28.5 Å². The molecule has 5 aromatic rings. The Labute approximate surface area is 256 Å². The number of hydrogen-bond acceptors (Lipinski definition) is 2. The molecule has 7 rings (SSSR count). The number of aryl methyl sites for hydroxylation is 3. The summed E-state index contributed by atoms with van der Waals surface area (Å²) >= 11 is 0. The SMILES string of the molecule is Cc1c[n+](C)c(-c2c(C)ccc3c2oc2c(-c4ccc(C5CCCCC5)c5c4CCC5)c(C#N)ccc23)cc1C(C)(C)C. The van der Waals surface area contributed by atoms with Crippen molar-refractivity contribution in [2.24, 2.45) is 7.05 Å². The third kappa shape index (κ3) is 4.50. The van der Waals surface area contributed by atoms with Gasteiger partial charge in [0.05, 0.1) is 17.2 Å². The fourth-order valence-corrected chi connectivity index (χ4v) is 8.28. The lowest BCUT2D eigenvalue weighted by molar-refractivity contribution is -0.660. The molecule has 0 bridgehead atoms. The van der Waals surface area contributed by atoms with Crippen molar-refractivity contribution in [3.63, 3.8) is 0 Å². The highest BCUT2D eigenvalue weighted by Gasteiger charge is 2.29. The van der Waals surface area contributed by atoms with E-state index in [0.717, 1.165) is 51.6 Å². The van der Waals surface area contributed by atoms with E-state index in [0.29, 0.717) is 11.5 Å². The second kappa shape index (κ2) is 10.4. The van der Waals surface area contributed by atoms with Gasteiger partial charge in [0, 0.05) is 28.0 Å². The topological polar surface area (TPSA) is 40.8 Å². The third-order valence-corrected chi connectivity index (χ3v) is 10.3. The molecule has 0 radical (unpaired) electrons. The molecule has 0 amide bonds. The van der Waals surface area contributed by atoms with E-state index < -0.39 is 0 Å². The van der Waals surface area contributed by atoms with Crippen LogP contribution < -0.4 is 4.57 Å². The maximum Gasteiger partial charge on any atom is 0.216 e. The van der Waals surface area contributed by atoms with Crippen molar-refractivity contribution >= 4 is 21.9 Å². The van der Waals surface area contributed by atoms with Crippen molar-refractivity contribution in [1.82, 2.24) is 0 Å². The lowest BCUT2D eigenvalue weighted by Crippen LogP contribution is -2.33. The maximum absolute atomic E-state index is 10.4. The summed E-state index contributed by atoms with van der Waals surface area (Å²) < 4.78 is 9.23. The van der Waals surface area contributed by atoms with Crippen LogP contribution in [0.4, 0.5) is 0 Å². The van der Waals surface area contributed by atoms with E-state index >= 15 is 0 Å². The van der Waals surface area contributed by atoms with Gasteiger partial charge in [-0.3, -0.25) is 0 Å². The van der Waals surface area contributed by atoms with E-state index in [1.165, 1.54) is 66.3 Å². The summed E-state index contributed by atoms with van der Waals surface area (Å²) in [5.41, 5.74) is 15.3. The average molecular weight is 568 g/mol. The zero-order valence-corrected chi connectivity index (χ0v) is 26.7. The van der Waals surface area contributed by atoms with Crippen LogP contribution in [-0.2, 0) is 25.3 Å². The summed E-state index contributed by atoms with van der Waals surface area (Å²) in [6.07, 6.45) is 12.3. The first-order chi connectivity index (χ1) is 20.7. The van der Waals surface area contributed by atoms with Gasteiger partial charge in [0.1, 0.15) is 18.2 Å². The van der Waals surface area contributed by atoms with Crippen molar-refractivity contribution < 1.29 is 8.98 Å². The van der Waals surface area contributed by atoms with Crippen LogP contribution in [0, 0.1) is 25.2 Å². The number of pyridine rings is 1. The fourth-order valence-electron chi connectivity index (χ4n) is 8.28. The molecule has 0 saturated heterocycles. The van der Waals surface area contributed by atoms with Crippen LogP contribution in [0.3, 0.4) is 0 Å². The van der Waals surface area contributed by atoms with E-state index in [1.807, 2.05) is 6.07 Å². The molecule has 0 unspecified atom stereocenters. The smallest absolute Gasteiger partial charge is 0.216 e. The maximum atomic E-state index is 10.4. The molecule has 2 heterocycles. The summed E-state index contributed by atoms with van der Waals surface area (Å²) in [5.74, 6) is 0.686. The molecule has 3 heteroatoms. The Hall–Kier alpha value is -3.90. The molecule has 2 aromatic heterocycles. The average Bonchev–Trinajstić information content (AvgIpc) is 3.62. The summed E-state index contributed by atoms with van der Waals surface area (Å²) in [5, 5.41) is 12.6. The quantitative estimate of drug-likeness (QED) is 0.204. The minimum Gasteiger partial charge on any atom is -0.454 e. The van der Waals surface area contributed by atoms with E-state index in [9.17, 15) is 5.26 Å². The molecule has 0 spiro atoms. The molecule has 1 saturated carbocycles. The molecular formula is C40H43N2O+. The van der Waals surface area contributed by atoms with Gasteiger partial charge in [0.25, 0.3) is 0 Å². The second-order valence-electron chi connectivity index (χ2n) is 14.2. The van der Waals surface area contributed by atoms with Crippen molar-refractivity contribution in [2.75, 3.05) is 0 Å². The Morgan fingerprint density at radius 2 is 1.51 bits per heavy atom. The Balaban J connectivity index is 1.49. The number of nitriles is 1. The van der Waals surface area contributed by atoms with Crippen LogP contribution in [0.1, 0.15) is 104 Å². The Morgan fingerprint density at radius 1 is 0.814 bits per heavy atom. The number of rotatable bonds is 3. The predicted molar refractivity (Wildman–Crippen MR) is 177 cm³/mol. The van der Waals surface area contributed by atoms with Crippen molar-refractivity contribution in [3.05, 3.63) is 87.6 Å². The van der Waals surface area contributed by atoms with Crippen LogP contribution >= 0.6 is 0 Å². The standard InChI is InChI=1S/C40H43N2O/c1-24-15-17-32-33-18-16-27(22-41)37(31-20-19-28(26-11-8-7-9-12-26)29-13-10-14-30(29)31)39(33)43-38(32)36(24)35-21-34(40(3,4)5)25(2)23-42(35)6/h15-21,23,26H,7-14H2,1-6H3/q+1. The lowest BCUT2D eigenvalue weighted by atomic mass is 9.80. The first kappa shape index (κ1) is 27.9. The van der Waals surface area contributed by atoms with E-state index in [4.69, 9.17) is 4.42 Å². The molecule has 2 aliphatic carbocycles. The molecule has 3 nitrogen and oxygen atoms in total. The van der Waals surface area contributed by atoms with Gasteiger partial charge >= 0.3 is 0 Å². The predicted octanol–water partition coefficient (Wildman–Crippen LogP) is 10.1. The summed E-state index contributed by atoms with van der Waals surface area (Å²) in [6.45, 7) is 11.2. The highest BCUT2D eigenvalue weighted by molar-refractivity contribution is 6.14. The lowest BCUT2D eigenvalue weighted by Gasteiger charge is -2.25. The molecule has 218 valence electrons. The Bertz CT molecular complexity index is 1950. The first-order valence-corrected chi connectivity index (χ1v) is 16.2. The van der Waals surface area contributed by atoms with Gasteiger partial charge in [-0.15, -0.1) is 0 Å². The minimum absolute atomic E-state index is 0.0296. The van der Waals surface area contributed by atoms with Gasteiger partial charge in [0.2, 0.25) is 5.69 Å². The number of furan rings is 1. The third-order valence-electron chi connectivity index (χ3n) is 10.3. The fraction of sp³-hybridized carbons (Fsp3) is 0.400. The molecule has 3 aromatic carbocycles. The first-order valence-electron chi connectivity index (χ1n) is 16.2. The van der Waals surface area contributed by atoms with Crippen molar-refractivity contribution in [1.29, 1.82) is 5.26 Å². The zero-order chi connectivity index (χ0) is 30.0. The second-order valence-corrected chi connectivity index (χ2v) is 14.2. The van der Waals surface area contributed by atoms with Gasteiger partial charge < -0.3 is 4.42 Å². The molecular weight excluding hydrogens is 524 g/mol. The number of nitrogens with zero attached hydrogens (tertiary/aromatic N) is 2. The normalized spacial score (nSPS) is 15.7. The molecule has 1 fully saturated rings. The van der Waals surface area contributed by atoms with Gasteiger partial charge in [-0.05, 0) is 103 Å².